The monoisotopic (exact) mass is 436 g/mol. The summed E-state index contributed by atoms with van der Waals surface area (Å²) in [5.41, 5.74) is 2.52. The van der Waals surface area contributed by atoms with Crippen molar-refractivity contribution in [3.8, 4) is 5.75 Å². The lowest BCUT2D eigenvalue weighted by molar-refractivity contribution is -0.140. The summed E-state index contributed by atoms with van der Waals surface area (Å²) in [6, 6.07) is 15.1. The average molecular weight is 436 g/mol. The first-order valence-corrected chi connectivity index (χ1v) is 9.81. The molecule has 0 aliphatic carbocycles. The normalized spacial score (nSPS) is 15.5. The van der Waals surface area contributed by atoms with Gasteiger partial charge in [0.2, 0.25) is 0 Å². The Bertz CT molecular complexity index is 1070. The highest BCUT2D eigenvalue weighted by Gasteiger charge is 2.31. The molecular weight excluding hydrogens is 412 g/mol. The summed E-state index contributed by atoms with van der Waals surface area (Å²) < 4.78 is 5.15. The largest absolute Gasteiger partial charge is 0.497 e. The van der Waals surface area contributed by atoms with Gasteiger partial charge in [0.05, 0.1) is 12.8 Å². The maximum atomic E-state index is 12.9. The first-order chi connectivity index (χ1) is 15.2. The number of carbonyl (C=O) groups is 3. The maximum Gasteiger partial charge on any atom is 0.376 e. The Morgan fingerprint density at radius 3 is 2.34 bits per heavy atom. The van der Waals surface area contributed by atoms with Crippen molar-refractivity contribution in [3.63, 3.8) is 0 Å². The molecule has 32 heavy (non-hydrogen) atoms. The van der Waals surface area contributed by atoms with Gasteiger partial charge in [-0.05, 0) is 57.2 Å². The predicted molar refractivity (Wildman–Crippen MR) is 119 cm³/mol. The number of hydrogen-bond donors (Lipinski definition) is 2. The molecule has 1 heterocycles. The third-order valence-corrected chi connectivity index (χ3v) is 4.25. The van der Waals surface area contributed by atoms with Crippen LogP contribution >= 0.6 is 0 Å². The molecule has 2 aromatic carbocycles. The van der Waals surface area contributed by atoms with Gasteiger partial charge in [-0.15, -0.1) is 0 Å². The Morgan fingerprint density at radius 2 is 1.75 bits per heavy atom. The highest BCUT2D eigenvalue weighted by molar-refractivity contribution is 6.46. The van der Waals surface area contributed by atoms with E-state index in [1.165, 1.54) is 11.1 Å². The molecule has 1 aliphatic rings. The summed E-state index contributed by atoms with van der Waals surface area (Å²) in [5.74, 6) is -1.32. The van der Waals surface area contributed by atoms with Gasteiger partial charge in [-0.2, -0.15) is 0 Å². The number of hydrazine groups is 1. The van der Waals surface area contributed by atoms with Crippen molar-refractivity contribution in [2.24, 2.45) is 4.99 Å². The smallest absolute Gasteiger partial charge is 0.376 e. The zero-order valence-corrected chi connectivity index (χ0v) is 18.2. The van der Waals surface area contributed by atoms with Gasteiger partial charge in [-0.3, -0.25) is 9.59 Å². The third kappa shape index (κ3) is 5.58. The van der Waals surface area contributed by atoms with Crippen LogP contribution in [0, 0.1) is 0 Å². The summed E-state index contributed by atoms with van der Waals surface area (Å²) in [7, 11) is 1.54. The number of methoxy groups -OCH3 is 1. The number of nitrogens with one attached hydrogen (secondary N) is 2. The standard InChI is InChI=1S/C23H24N4O5/c1-23(2,3)25-21(29)18(24-20(28)15-8-6-5-7-9-15)14-19-22(30)32-26-27(19)16-10-12-17(31-4)13-11-16/h5-14,26H,1-4H3,(H,25,29)/b19-14+,24-18?. The summed E-state index contributed by atoms with van der Waals surface area (Å²) in [4.78, 5) is 46.9. The van der Waals surface area contributed by atoms with Crippen molar-refractivity contribution in [1.82, 2.24) is 10.9 Å². The van der Waals surface area contributed by atoms with Crippen LogP contribution in [-0.2, 0) is 14.4 Å². The van der Waals surface area contributed by atoms with Gasteiger partial charge in [-0.25, -0.2) is 14.8 Å². The summed E-state index contributed by atoms with van der Waals surface area (Å²) in [6.07, 6.45) is 1.22. The lowest BCUT2D eigenvalue weighted by atomic mass is 10.1. The first-order valence-electron chi connectivity index (χ1n) is 9.81. The van der Waals surface area contributed by atoms with Gasteiger partial charge in [0, 0.05) is 17.2 Å². The summed E-state index contributed by atoms with van der Waals surface area (Å²) in [5, 5.41) is 4.10. The second kappa shape index (κ2) is 9.44. The van der Waals surface area contributed by atoms with Crippen LogP contribution in [0.5, 0.6) is 5.75 Å². The van der Waals surface area contributed by atoms with Gasteiger partial charge in [0.1, 0.15) is 11.5 Å². The first kappa shape index (κ1) is 22.7. The molecule has 1 saturated heterocycles. The molecule has 0 radical (unpaired) electrons. The van der Waals surface area contributed by atoms with E-state index >= 15 is 0 Å². The van der Waals surface area contributed by atoms with E-state index in [2.05, 4.69) is 15.9 Å². The quantitative estimate of drug-likeness (QED) is 0.548. The molecule has 9 nitrogen and oxygen atoms in total. The van der Waals surface area contributed by atoms with Crippen molar-refractivity contribution in [2.45, 2.75) is 26.3 Å². The highest BCUT2D eigenvalue weighted by Crippen LogP contribution is 2.24. The number of ether oxygens (including phenoxy) is 1. The van der Waals surface area contributed by atoms with E-state index in [1.54, 1.807) is 82.5 Å². The molecule has 2 N–H and O–H groups in total. The number of carbonyl (C=O) groups excluding carboxylic acids is 3. The van der Waals surface area contributed by atoms with Crippen molar-refractivity contribution in [1.29, 1.82) is 0 Å². The Kier molecular flexibility index (Phi) is 6.70. The number of nitrogens with zero attached hydrogens (tertiary/aromatic N) is 2. The van der Waals surface area contributed by atoms with Gasteiger partial charge in [0.15, 0.2) is 5.70 Å². The van der Waals surface area contributed by atoms with Gasteiger partial charge < -0.3 is 14.9 Å². The second-order valence-corrected chi connectivity index (χ2v) is 7.92. The van der Waals surface area contributed by atoms with Crippen molar-refractivity contribution >= 4 is 29.2 Å². The van der Waals surface area contributed by atoms with Crippen molar-refractivity contribution in [2.75, 3.05) is 12.1 Å². The zero-order chi connectivity index (χ0) is 23.3. The van der Waals surface area contributed by atoms with Crippen LogP contribution in [0.4, 0.5) is 5.69 Å². The van der Waals surface area contributed by atoms with Gasteiger partial charge in [-0.1, -0.05) is 23.8 Å². The molecule has 0 spiro atoms. The lowest BCUT2D eigenvalue weighted by Crippen LogP contribution is -2.44. The topological polar surface area (TPSA) is 109 Å². The number of benzene rings is 2. The fourth-order valence-electron chi connectivity index (χ4n) is 2.76. The minimum Gasteiger partial charge on any atom is -0.497 e. The molecular formula is C23H24N4O5. The molecule has 0 bridgehead atoms. The molecule has 0 unspecified atom stereocenters. The molecule has 166 valence electrons. The minimum atomic E-state index is -0.732. The fourth-order valence-corrected chi connectivity index (χ4v) is 2.76. The average Bonchev–Trinajstić information content (AvgIpc) is 3.12. The van der Waals surface area contributed by atoms with Crippen LogP contribution in [0.3, 0.4) is 0 Å². The van der Waals surface area contributed by atoms with Gasteiger partial charge >= 0.3 is 5.97 Å². The number of aliphatic imine (C=N–C) groups is 1. The number of amides is 2. The SMILES string of the molecule is COc1ccc(N2NOC(=O)/C2=C\C(=NC(=O)c2ccccc2)C(=O)NC(C)(C)C)cc1. The van der Waals surface area contributed by atoms with E-state index in [9.17, 15) is 14.4 Å². The summed E-state index contributed by atoms with van der Waals surface area (Å²) in [6.45, 7) is 5.39. The van der Waals surface area contributed by atoms with Crippen LogP contribution in [0.2, 0.25) is 0 Å². The van der Waals surface area contributed by atoms with Gasteiger partial charge in [0.25, 0.3) is 11.8 Å². The molecule has 0 atom stereocenters. The molecule has 1 aliphatic heterocycles. The van der Waals surface area contributed by atoms with E-state index in [0.717, 1.165) is 0 Å². The van der Waals surface area contributed by atoms with Crippen LogP contribution in [-0.4, -0.2) is 36.1 Å². The number of anilines is 1. The van der Waals surface area contributed by atoms with E-state index < -0.39 is 23.3 Å². The molecule has 0 saturated carbocycles. The third-order valence-electron chi connectivity index (χ3n) is 4.25. The minimum absolute atomic E-state index is 0.0150. The Hall–Kier alpha value is -3.98. The van der Waals surface area contributed by atoms with E-state index in [1.807, 2.05) is 0 Å². The lowest BCUT2D eigenvalue weighted by Gasteiger charge is -2.21. The zero-order valence-electron chi connectivity index (χ0n) is 18.2. The predicted octanol–water partition coefficient (Wildman–Crippen LogP) is 2.56. The Labute approximate surface area is 185 Å². The molecule has 9 heteroatoms. The molecule has 2 amide bonds. The van der Waals surface area contributed by atoms with Crippen LogP contribution in [0.1, 0.15) is 31.1 Å². The molecule has 3 rings (SSSR count). The van der Waals surface area contributed by atoms with Crippen LogP contribution in [0.25, 0.3) is 0 Å². The molecule has 2 aromatic rings. The van der Waals surface area contributed by atoms with Crippen molar-refractivity contribution < 1.29 is 24.0 Å². The number of rotatable bonds is 5. The van der Waals surface area contributed by atoms with Crippen molar-refractivity contribution in [3.05, 3.63) is 71.9 Å². The van der Waals surface area contributed by atoms with E-state index in [4.69, 9.17) is 9.57 Å². The second-order valence-electron chi connectivity index (χ2n) is 7.92. The Morgan fingerprint density at radius 1 is 1.09 bits per heavy atom. The van der Waals surface area contributed by atoms with Crippen LogP contribution < -0.4 is 20.7 Å². The highest BCUT2D eigenvalue weighted by atomic mass is 16.7. The van der Waals surface area contributed by atoms with E-state index in [-0.39, 0.29) is 11.4 Å². The molecule has 1 fully saturated rings. The molecule has 0 aromatic heterocycles. The maximum absolute atomic E-state index is 12.9. The Balaban J connectivity index is 2.01. The number of hydrogen-bond acceptors (Lipinski definition) is 7. The van der Waals surface area contributed by atoms with Crippen LogP contribution in [0.15, 0.2) is 71.4 Å². The summed E-state index contributed by atoms with van der Waals surface area (Å²) >= 11 is 0. The fraction of sp³-hybridized carbons (Fsp3) is 0.217. The van der Waals surface area contributed by atoms with E-state index in [0.29, 0.717) is 17.0 Å².